The highest BCUT2D eigenvalue weighted by atomic mass is 32.2. The molecule has 106 valence electrons. The number of esters is 1. The molecule has 0 radical (unpaired) electrons. The number of ether oxygens (including phenoxy) is 2. The van der Waals surface area contributed by atoms with Crippen LogP contribution in [0.2, 0.25) is 0 Å². The van der Waals surface area contributed by atoms with E-state index in [1.54, 1.807) is 19.2 Å². The Kier molecular flexibility index (Phi) is 5.94. The number of benzene rings is 1. The minimum Gasteiger partial charge on any atom is -0.465 e. The molecule has 0 aliphatic rings. The lowest BCUT2D eigenvalue weighted by atomic mass is 10.2. The van der Waals surface area contributed by atoms with Gasteiger partial charge >= 0.3 is 5.97 Å². The Morgan fingerprint density at radius 1 is 1.26 bits per heavy atom. The number of sulfonamides is 1. The molecule has 0 saturated heterocycles. The van der Waals surface area contributed by atoms with Crippen molar-refractivity contribution in [3.63, 3.8) is 0 Å². The zero-order chi connectivity index (χ0) is 14.3. The zero-order valence-corrected chi connectivity index (χ0v) is 11.7. The van der Waals surface area contributed by atoms with Crippen molar-refractivity contribution in [1.82, 2.24) is 4.72 Å². The molecule has 1 rings (SSSR count). The molecule has 1 aromatic rings. The summed E-state index contributed by atoms with van der Waals surface area (Å²) in [5, 5.41) is 0. The largest absolute Gasteiger partial charge is 0.465 e. The van der Waals surface area contributed by atoms with Crippen molar-refractivity contribution in [2.24, 2.45) is 0 Å². The number of hydrogen-bond donors (Lipinski definition) is 1. The van der Waals surface area contributed by atoms with Gasteiger partial charge in [-0.3, -0.25) is 0 Å². The van der Waals surface area contributed by atoms with Crippen LogP contribution >= 0.6 is 0 Å². The van der Waals surface area contributed by atoms with Gasteiger partial charge < -0.3 is 9.47 Å². The summed E-state index contributed by atoms with van der Waals surface area (Å²) >= 11 is 0. The van der Waals surface area contributed by atoms with Crippen LogP contribution in [0.15, 0.2) is 29.2 Å². The van der Waals surface area contributed by atoms with Crippen molar-refractivity contribution in [1.29, 1.82) is 0 Å². The van der Waals surface area contributed by atoms with Gasteiger partial charge in [-0.2, -0.15) is 0 Å². The van der Waals surface area contributed by atoms with E-state index in [0.717, 1.165) is 0 Å². The van der Waals surface area contributed by atoms with Gasteiger partial charge in [0.2, 0.25) is 10.0 Å². The minimum atomic E-state index is -3.73. The van der Waals surface area contributed by atoms with Gasteiger partial charge in [-0.1, -0.05) is 12.1 Å². The molecule has 0 heterocycles. The second-order valence-electron chi connectivity index (χ2n) is 3.73. The quantitative estimate of drug-likeness (QED) is 0.592. The summed E-state index contributed by atoms with van der Waals surface area (Å²) in [7, 11) is -0.984. The summed E-state index contributed by atoms with van der Waals surface area (Å²) in [6, 6.07) is 5.91. The van der Waals surface area contributed by atoms with E-state index in [0.29, 0.717) is 13.0 Å². The maximum Gasteiger partial charge on any atom is 0.339 e. The van der Waals surface area contributed by atoms with Crippen molar-refractivity contribution in [3.05, 3.63) is 29.8 Å². The molecular weight excluding hydrogens is 270 g/mol. The standard InChI is InChI=1S/C12H17NO5S/c1-17-9-5-8-13-19(15,16)11-7-4-3-6-10(11)12(14)18-2/h3-4,6-7,13H,5,8-9H2,1-2H3. The molecule has 19 heavy (non-hydrogen) atoms. The van der Waals surface area contributed by atoms with E-state index in [1.807, 2.05) is 0 Å². The zero-order valence-electron chi connectivity index (χ0n) is 10.9. The highest BCUT2D eigenvalue weighted by Crippen LogP contribution is 2.16. The van der Waals surface area contributed by atoms with Gasteiger partial charge in [0.15, 0.2) is 0 Å². The molecule has 0 atom stereocenters. The van der Waals surface area contributed by atoms with Crippen LogP contribution in [0.1, 0.15) is 16.8 Å². The summed E-state index contributed by atoms with van der Waals surface area (Å²) in [6.07, 6.45) is 0.552. The normalized spacial score (nSPS) is 11.3. The minimum absolute atomic E-state index is 0.0178. The summed E-state index contributed by atoms with van der Waals surface area (Å²) in [6.45, 7) is 0.701. The smallest absolute Gasteiger partial charge is 0.339 e. The molecule has 0 aliphatic carbocycles. The lowest BCUT2D eigenvalue weighted by Gasteiger charge is -2.10. The predicted octanol–water partition coefficient (Wildman–Crippen LogP) is 0.788. The first-order valence-electron chi connectivity index (χ1n) is 5.69. The summed E-state index contributed by atoms with van der Waals surface area (Å²) in [4.78, 5) is 11.4. The number of hydrogen-bond acceptors (Lipinski definition) is 5. The van der Waals surface area contributed by atoms with E-state index in [4.69, 9.17) is 4.74 Å². The Hall–Kier alpha value is -1.44. The van der Waals surface area contributed by atoms with E-state index >= 15 is 0 Å². The monoisotopic (exact) mass is 287 g/mol. The van der Waals surface area contributed by atoms with E-state index in [-0.39, 0.29) is 17.0 Å². The first kappa shape index (κ1) is 15.6. The van der Waals surface area contributed by atoms with Gasteiger partial charge in [0.05, 0.1) is 17.6 Å². The lowest BCUT2D eigenvalue weighted by molar-refractivity contribution is 0.0596. The van der Waals surface area contributed by atoms with Crippen LogP contribution in [-0.2, 0) is 19.5 Å². The van der Waals surface area contributed by atoms with Gasteiger partial charge in [-0.15, -0.1) is 0 Å². The SMILES string of the molecule is COCCCNS(=O)(=O)c1ccccc1C(=O)OC. The van der Waals surface area contributed by atoms with E-state index in [1.165, 1.54) is 19.2 Å². The number of nitrogens with one attached hydrogen (secondary N) is 1. The van der Waals surface area contributed by atoms with Gasteiger partial charge in [-0.05, 0) is 18.6 Å². The van der Waals surface area contributed by atoms with Crippen LogP contribution in [0.5, 0.6) is 0 Å². The average Bonchev–Trinajstić information content (AvgIpc) is 2.43. The number of methoxy groups -OCH3 is 2. The number of carbonyl (C=O) groups excluding carboxylic acids is 1. The predicted molar refractivity (Wildman–Crippen MR) is 69.5 cm³/mol. The Bertz CT molecular complexity index is 527. The van der Waals surface area contributed by atoms with Crippen molar-refractivity contribution in [2.75, 3.05) is 27.4 Å². The van der Waals surface area contributed by atoms with Gasteiger partial charge in [0, 0.05) is 20.3 Å². The van der Waals surface area contributed by atoms with E-state index < -0.39 is 16.0 Å². The molecule has 0 bridgehead atoms. The third kappa shape index (κ3) is 4.30. The fourth-order valence-electron chi connectivity index (χ4n) is 1.48. The number of rotatable bonds is 7. The number of carbonyl (C=O) groups is 1. The first-order chi connectivity index (χ1) is 9.03. The molecular formula is C12H17NO5S. The van der Waals surface area contributed by atoms with Crippen LogP contribution in [0, 0.1) is 0 Å². The first-order valence-corrected chi connectivity index (χ1v) is 7.17. The van der Waals surface area contributed by atoms with Gasteiger partial charge in [0.25, 0.3) is 0 Å². The van der Waals surface area contributed by atoms with Crippen molar-refractivity contribution >= 4 is 16.0 Å². The molecule has 1 N–H and O–H groups in total. The summed E-state index contributed by atoms with van der Waals surface area (Å²) < 4.78 is 36.0. The molecule has 0 unspecified atom stereocenters. The molecule has 0 saturated carbocycles. The molecule has 7 heteroatoms. The van der Waals surface area contributed by atoms with E-state index in [9.17, 15) is 13.2 Å². The topological polar surface area (TPSA) is 81.7 Å². The maximum atomic E-state index is 12.1. The third-order valence-electron chi connectivity index (χ3n) is 2.40. The maximum absolute atomic E-state index is 12.1. The average molecular weight is 287 g/mol. The Balaban J connectivity index is 2.92. The van der Waals surface area contributed by atoms with Crippen LogP contribution in [-0.4, -0.2) is 41.8 Å². The fraction of sp³-hybridized carbons (Fsp3) is 0.417. The Morgan fingerprint density at radius 2 is 1.95 bits per heavy atom. The second kappa shape index (κ2) is 7.22. The third-order valence-corrected chi connectivity index (χ3v) is 3.92. The van der Waals surface area contributed by atoms with Crippen LogP contribution in [0.25, 0.3) is 0 Å². The Morgan fingerprint density at radius 3 is 2.58 bits per heavy atom. The summed E-state index contributed by atoms with van der Waals surface area (Å²) in [5.74, 6) is -0.683. The van der Waals surface area contributed by atoms with Crippen molar-refractivity contribution < 1.29 is 22.7 Å². The second-order valence-corrected chi connectivity index (χ2v) is 5.47. The van der Waals surface area contributed by atoms with Gasteiger partial charge in [-0.25, -0.2) is 17.9 Å². The molecule has 0 spiro atoms. The van der Waals surface area contributed by atoms with Crippen molar-refractivity contribution in [2.45, 2.75) is 11.3 Å². The molecule has 1 aromatic carbocycles. The summed E-state index contributed by atoms with van der Waals surface area (Å²) in [5.41, 5.74) is 0.0178. The molecule has 0 amide bonds. The van der Waals surface area contributed by atoms with Crippen molar-refractivity contribution in [3.8, 4) is 0 Å². The highest BCUT2D eigenvalue weighted by Gasteiger charge is 2.21. The molecule has 0 fully saturated rings. The van der Waals surface area contributed by atoms with Crippen LogP contribution < -0.4 is 4.72 Å². The van der Waals surface area contributed by atoms with E-state index in [2.05, 4.69) is 9.46 Å². The van der Waals surface area contributed by atoms with Crippen LogP contribution in [0.3, 0.4) is 0 Å². The highest BCUT2D eigenvalue weighted by molar-refractivity contribution is 7.89. The van der Waals surface area contributed by atoms with Gasteiger partial charge in [0.1, 0.15) is 0 Å². The lowest BCUT2D eigenvalue weighted by Crippen LogP contribution is -2.27. The molecule has 0 aliphatic heterocycles. The fourth-order valence-corrected chi connectivity index (χ4v) is 2.75. The van der Waals surface area contributed by atoms with Crippen LogP contribution in [0.4, 0.5) is 0 Å². The molecule has 6 nitrogen and oxygen atoms in total. The Labute approximate surface area is 112 Å². The molecule has 0 aromatic heterocycles.